The number of nitrogens with one attached hydrogen (secondary N) is 1. The van der Waals surface area contributed by atoms with Gasteiger partial charge in [-0.15, -0.1) is 0 Å². The number of ether oxygens (including phenoxy) is 1. The molecular formula is C18H19F2NO4S. The van der Waals surface area contributed by atoms with Gasteiger partial charge in [0.05, 0.1) is 11.5 Å². The van der Waals surface area contributed by atoms with E-state index in [1.807, 2.05) is 13.8 Å². The van der Waals surface area contributed by atoms with Gasteiger partial charge in [0.2, 0.25) is 9.84 Å². The molecular weight excluding hydrogens is 364 g/mol. The first-order valence-electron chi connectivity index (χ1n) is 7.92. The van der Waals surface area contributed by atoms with E-state index in [1.54, 1.807) is 18.2 Å². The van der Waals surface area contributed by atoms with Crippen LogP contribution in [0.1, 0.15) is 29.3 Å². The third kappa shape index (κ3) is 4.57. The molecule has 1 N–H and O–H groups in total. The minimum absolute atomic E-state index is 0.156. The molecule has 2 aromatic carbocycles. The molecule has 0 unspecified atom stereocenters. The zero-order chi connectivity index (χ0) is 19.3. The average Bonchev–Trinajstić information content (AvgIpc) is 2.61. The summed E-state index contributed by atoms with van der Waals surface area (Å²) in [5, 5.41) is 2.70. The van der Waals surface area contributed by atoms with E-state index in [2.05, 4.69) is 5.32 Å². The number of carbonyl (C=O) groups is 1. The van der Waals surface area contributed by atoms with Gasteiger partial charge in [-0.3, -0.25) is 4.79 Å². The standard InChI is InChI=1S/C18H19F2NO4S/c1-3-10-25-14-6-9-16(12(2)11-14)21-17(22)13-4-7-15(8-5-13)26(23,24)18(19)20/h4-9,11,18H,3,10H2,1-2H3,(H,21,22). The Balaban J connectivity index is 2.13. The Morgan fingerprint density at radius 1 is 1.15 bits per heavy atom. The fourth-order valence-corrected chi connectivity index (χ4v) is 2.90. The molecule has 0 bridgehead atoms. The minimum Gasteiger partial charge on any atom is -0.494 e. The van der Waals surface area contributed by atoms with Crippen molar-refractivity contribution in [1.29, 1.82) is 0 Å². The van der Waals surface area contributed by atoms with E-state index in [1.165, 1.54) is 12.1 Å². The van der Waals surface area contributed by atoms with Crippen molar-refractivity contribution >= 4 is 21.4 Å². The van der Waals surface area contributed by atoms with Crippen molar-refractivity contribution < 1.29 is 26.7 Å². The Hall–Kier alpha value is -2.48. The predicted molar refractivity (Wildman–Crippen MR) is 94.6 cm³/mol. The number of hydrogen-bond acceptors (Lipinski definition) is 4. The van der Waals surface area contributed by atoms with Crippen LogP contribution in [-0.2, 0) is 9.84 Å². The molecule has 0 aliphatic heterocycles. The molecule has 8 heteroatoms. The normalized spacial score (nSPS) is 11.4. The smallest absolute Gasteiger partial charge is 0.341 e. The molecule has 2 aromatic rings. The van der Waals surface area contributed by atoms with E-state index in [0.29, 0.717) is 18.0 Å². The lowest BCUT2D eigenvalue weighted by molar-refractivity contribution is 0.102. The van der Waals surface area contributed by atoms with Crippen molar-refractivity contribution in [3.05, 3.63) is 53.6 Å². The number of amides is 1. The van der Waals surface area contributed by atoms with E-state index in [4.69, 9.17) is 4.74 Å². The van der Waals surface area contributed by atoms with Gasteiger partial charge >= 0.3 is 5.76 Å². The number of carbonyl (C=O) groups excluding carboxylic acids is 1. The molecule has 1 amide bonds. The third-order valence-corrected chi connectivity index (χ3v) is 5.00. The SMILES string of the molecule is CCCOc1ccc(NC(=O)c2ccc(S(=O)(=O)C(F)F)cc2)c(C)c1. The number of alkyl halides is 2. The van der Waals surface area contributed by atoms with Crippen LogP contribution < -0.4 is 10.1 Å². The summed E-state index contributed by atoms with van der Waals surface area (Å²) in [5.41, 5.74) is 1.52. The molecule has 0 spiro atoms. The second-order valence-corrected chi connectivity index (χ2v) is 7.53. The zero-order valence-corrected chi connectivity index (χ0v) is 15.1. The highest BCUT2D eigenvalue weighted by atomic mass is 32.2. The second kappa shape index (κ2) is 8.27. The van der Waals surface area contributed by atoms with Crippen LogP contribution in [-0.4, -0.2) is 26.7 Å². The van der Waals surface area contributed by atoms with Crippen LogP contribution in [0.3, 0.4) is 0 Å². The highest BCUT2D eigenvalue weighted by Gasteiger charge is 2.26. The van der Waals surface area contributed by atoms with Crippen molar-refractivity contribution in [3.8, 4) is 5.75 Å². The monoisotopic (exact) mass is 383 g/mol. The van der Waals surface area contributed by atoms with Gasteiger partial charge in [-0.25, -0.2) is 8.42 Å². The minimum atomic E-state index is -4.68. The Morgan fingerprint density at radius 3 is 2.35 bits per heavy atom. The number of aryl methyl sites for hydroxylation is 1. The van der Waals surface area contributed by atoms with Crippen molar-refractivity contribution in [2.24, 2.45) is 0 Å². The van der Waals surface area contributed by atoms with E-state index in [9.17, 15) is 22.0 Å². The van der Waals surface area contributed by atoms with Crippen LogP contribution in [0.4, 0.5) is 14.5 Å². The Bertz CT molecular complexity index is 881. The van der Waals surface area contributed by atoms with Crippen LogP contribution in [0.15, 0.2) is 47.4 Å². The maximum Gasteiger partial charge on any atom is 0.341 e. The van der Waals surface area contributed by atoms with Crippen molar-refractivity contribution in [2.75, 3.05) is 11.9 Å². The van der Waals surface area contributed by atoms with Gasteiger partial charge in [0.25, 0.3) is 5.91 Å². The van der Waals surface area contributed by atoms with Crippen LogP contribution in [0, 0.1) is 6.92 Å². The van der Waals surface area contributed by atoms with Gasteiger partial charge in [0.1, 0.15) is 5.75 Å². The van der Waals surface area contributed by atoms with E-state index >= 15 is 0 Å². The van der Waals surface area contributed by atoms with E-state index in [0.717, 1.165) is 24.1 Å². The molecule has 140 valence electrons. The number of rotatable bonds is 7. The molecule has 0 saturated carbocycles. The van der Waals surface area contributed by atoms with Gasteiger partial charge in [-0.05, 0) is 61.4 Å². The quantitative estimate of drug-likeness (QED) is 0.783. The second-order valence-electron chi connectivity index (χ2n) is 5.61. The molecule has 0 saturated heterocycles. The highest BCUT2D eigenvalue weighted by Crippen LogP contribution is 2.23. The lowest BCUT2D eigenvalue weighted by Gasteiger charge is -2.11. The van der Waals surface area contributed by atoms with Crippen molar-refractivity contribution in [3.63, 3.8) is 0 Å². The molecule has 5 nitrogen and oxygen atoms in total. The van der Waals surface area contributed by atoms with Gasteiger partial charge in [-0.1, -0.05) is 6.92 Å². The molecule has 2 rings (SSSR count). The molecule has 0 aromatic heterocycles. The van der Waals surface area contributed by atoms with Crippen molar-refractivity contribution in [1.82, 2.24) is 0 Å². The lowest BCUT2D eigenvalue weighted by atomic mass is 10.1. The first-order valence-corrected chi connectivity index (χ1v) is 9.47. The molecule has 26 heavy (non-hydrogen) atoms. The summed E-state index contributed by atoms with van der Waals surface area (Å²) < 4.78 is 53.3. The summed E-state index contributed by atoms with van der Waals surface area (Å²) in [6.45, 7) is 4.41. The summed E-state index contributed by atoms with van der Waals surface area (Å²) in [7, 11) is -4.68. The van der Waals surface area contributed by atoms with Crippen LogP contribution in [0.25, 0.3) is 0 Å². The van der Waals surface area contributed by atoms with Gasteiger partial charge in [0, 0.05) is 11.3 Å². The summed E-state index contributed by atoms with van der Waals surface area (Å²) in [6.07, 6.45) is 0.884. The Morgan fingerprint density at radius 2 is 1.81 bits per heavy atom. The summed E-state index contributed by atoms with van der Waals surface area (Å²) in [5.74, 6) is -3.28. The third-order valence-electron chi connectivity index (χ3n) is 3.60. The molecule has 0 atom stereocenters. The van der Waals surface area contributed by atoms with Crippen molar-refractivity contribution in [2.45, 2.75) is 30.9 Å². The number of sulfone groups is 1. The van der Waals surface area contributed by atoms with Gasteiger partial charge in [0.15, 0.2) is 0 Å². The van der Waals surface area contributed by atoms with Crippen LogP contribution in [0.5, 0.6) is 5.75 Å². The maximum absolute atomic E-state index is 12.5. The molecule has 0 radical (unpaired) electrons. The Kier molecular flexibility index (Phi) is 6.31. The molecule has 0 fully saturated rings. The maximum atomic E-state index is 12.5. The lowest BCUT2D eigenvalue weighted by Crippen LogP contribution is -2.14. The molecule has 0 heterocycles. The summed E-state index contributed by atoms with van der Waals surface area (Å²) >= 11 is 0. The summed E-state index contributed by atoms with van der Waals surface area (Å²) in [6, 6.07) is 9.60. The predicted octanol–water partition coefficient (Wildman–Crippen LogP) is 4.03. The number of hydrogen-bond donors (Lipinski definition) is 1. The van der Waals surface area contributed by atoms with Crippen LogP contribution >= 0.6 is 0 Å². The van der Waals surface area contributed by atoms with Gasteiger partial charge in [-0.2, -0.15) is 8.78 Å². The van der Waals surface area contributed by atoms with E-state index in [-0.39, 0.29) is 5.56 Å². The summed E-state index contributed by atoms with van der Waals surface area (Å²) in [4.78, 5) is 11.7. The van der Waals surface area contributed by atoms with Crippen LogP contribution in [0.2, 0.25) is 0 Å². The average molecular weight is 383 g/mol. The number of anilines is 1. The van der Waals surface area contributed by atoms with E-state index < -0.39 is 26.4 Å². The highest BCUT2D eigenvalue weighted by molar-refractivity contribution is 7.91. The zero-order valence-electron chi connectivity index (χ0n) is 14.3. The first-order chi connectivity index (χ1) is 12.3. The fourth-order valence-electron chi connectivity index (χ4n) is 2.18. The fraction of sp³-hybridized carbons (Fsp3) is 0.278. The number of benzene rings is 2. The first kappa shape index (κ1) is 19.8. The largest absolute Gasteiger partial charge is 0.494 e. The molecule has 0 aliphatic carbocycles. The Labute approximate surface area is 150 Å². The number of halogens is 2. The topological polar surface area (TPSA) is 72.5 Å². The van der Waals surface area contributed by atoms with Gasteiger partial charge < -0.3 is 10.1 Å². The molecule has 0 aliphatic rings.